The minimum atomic E-state index is -0.623. The maximum Gasteiger partial charge on any atom is 0.164 e. The van der Waals surface area contributed by atoms with E-state index in [-0.39, 0.29) is 0 Å². The monoisotopic (exact) mass is 1760 g/mol. The van der Waals surface area contributed by atoms with Crippen LogP contribution in [0.1, 0.15) is 44.5 Å². The van der Waals surface area contributed by atoms with Crippen LogP contribution in [0.15, 0.2) is 497 Å². The lowest BCUT2D eigenvalue weighted by molar-refractivity contribution is 0.770. The van der Waals surface area contributed by atoms with E-state index in [4.69, 9.17) is 29.9 Å². The smallest absolute Gasteiger partial charge is 0.164 e. The highest BCUT2D eigenvalue weighted by molar-refractivity contribution is 6.18. The first-order valence-corrected chi connectivity index (χ1v) is 47.0. The predicted octanol–water partition coefficient (Wildman–Crippen LogP) is 30.9. The van der Waals surface area contributed by atoms with Gasteiger partial charge in [0, 0.05) is 99.2 Å². The fourth-order valence-corrected chi connectivity index (χ4v) is 22.5. The first kappa shape index (κ1) is 79.4. The van der Waals surface area contributed by atoms with Gasteiger partial charge in [0.2, 0.25) is 0 Å². The zero-order valence-corrected chi connectivity index (χ0v) is 74.8. The molecule has 20 aromatic carbocycles. The molecule has 0 aliphatic heterocycles. The Labute approximate surface area is 796 Å². The lowest BCUT2D eigenvalue weighted by Gasteiger charge is -2.34. The molecule has 0 N–H and O–H groups in total. The van der Waals surface area contributed by atoms with Gasteiger partial charge in [-0.05, 0) is 212 Å². The third-order valence-corrected chi connectivity index (χ3v) is 28.5. The molecule has 0 fully saturated rings. The Kier molecular flexibility index (Phi) is 18.5. The number of benzene rings is 20. The summed E-state index contributed by atoms with van der Waals surface area (Å²) in [5, 5.41) is 9.76. The maximum absolute atomic E-state index is 5.05. The van der Waals surface area contributed by atoms with Crippen LogP contribution in [0, 0.1) is 0 Å². The quantitative estimate of drug-likeness (QED) is 0.108. The highest BCUT2D eigenvalue weighted by Gasteiger charge is 2.49. The van der Waals surface area contributed by atoms with Gasteiger partial charge in [0.25, 0.3) is 0 Å². The SMILES string of the molecule is c1ccc(-c2nc(-c3ccccc3)nc(-c3ccc(-n4c5ccccc5c5cc6c(cc54)-c4cc5c7ccccc7n(-c7ccccc7)c5cc4C6(c4ccccc4)c4ccccc4)cc3)n2)cc1.c1ccc(-c2nc(-c3ccccc3)nc(-c3ccc(-n4c5ccccc5c5cc6c(cc54)C(c4ccccc4)(c4ccccc4)c4cc5c7ccccc7n(-c7ccccc7)c5cc4-6)cc3)n2)cc1. The van der Waals surface area contributed by atoms with E-state index in [1.54, 1.807) is 0 Å². The standard InChI is InChI=1S/2C64H41N5/c1-6-20-42(21-7-1)61-65-62(43-22-8-2-9-23-43)67-63(66-61)44-34-36-48(37-35-44)69-57-32-18-16-30-49(57)53-38-51-52-40-59-54(50-31-17-19-33-58(50)68(59)47-28-14-5-15-29-47)39-55(52)64(56(51)41-60(53)69,45-24-10-3-11-25-45)46-26-12-4-13-27-46;1-6-20-42(21-7-1)61-65-62(43-22-8-2-9-23-43)67-63(66-61)44-34-36-48(37-35-44)69-58-33-19-17-31-50(58)54-39-55-52(40-59(54)69)51-38-53-49-30-16-18-32-57(49)68(47-28-14-5-15-29-47)60(53)41-56(51)64(55,45-24-10-3-11-25-45)46-26-12-4-13-27-46/h2*1-41H. The number of fused-ring (bicyclic) bond motifs is 18. The fraction of sp³-hybridized carbons (Fsp3) is 0.0156. The Balaban J connectivity index is 0.000000139. The molecule has 10 nitrogen and oxygen atoms in total. The van der Waals surface area contributed by atoms with Crippen molar-refractivity contribution in [3.63, 3.8) is 0 Å². The van der Waals surface area contributed by atoms with Crippen LogP contribution in [0.25, 0.3) is 201 Å². The van der Waals surface area contributed by atoms with E-state index in [9.17, 15) is 0 Å². The van der Waals surface area contributed by atoms with E-state index in [1.807, 2.05) is 121 Å². The second kappa shape index (κ2) is 32.2. The summed E-state index contributed by atoms with van der Waals surface area (Å²) in [6.07, 6.45) is 0. The highest BCUT2D eigenvalue weighted by Crippen LogP contribution is 2.62. The van der Waals surface area contributed by atoms with Crippen LogP contribution >= 0.6 is 0 Å². The third kappa shape index (κ3) is 12.5. The molecule has 26 aromatic rings. The van der Waals surface area contributed by atoms with E-state index in [2.05, 4.69) is 394 Å². The average Bonchev–Trinajstić information content (AvgIpc) is 1.52. The van der Waals surface area contributed by atoms with Gasteiger partial charge < -0.3 is 18.3 Å². The summed E-state index contributed by atoms with van der Waals surface area (Å²) >= 11 is 0. The molecular weight excluding hydrogens is 1680 g/mol. The van der Waals surface area contributed by atoms with Gasteiger partial charge in [0.1, 0.15) is 0 Å². The predicted molar refractivity (Wildman–Crippen MR) is 564 cm³/mol. The van der Waals surface area contributed by atoms with E-state index in [0.717, 1.165) is 78.2 Å². The summed E-state index contributed by atoms with van der Waals surface area (Å²) in [4.78, 5) is 30.1. The Bertz CT molecular complexity index is 9060. The van der Waals surface area contributed by atoms with Crippen LogP contribution in [-0.2, 0) is 10.8 Å². The number of nitrogens with zero attached hydrogens (tertiary/aromatic N) is 10. The summed E-state index contributed by atoms with van der Waals surface area (Å²) in [5.41, 5.74) is 33.1. The number of hydrogen-bond donors (Lipinski definition) is 0. The number of rotatable bonds is 14. The van der Waals surface area contributed by atoms with Crippen LogP contribution in [0.4, 0.5) is 0 Å². The molecule has 2 aliphatic carbocycles. The van der Waals surface area contributed by atoms with E-state index in [0.29, 0.717) is 34.9 Å². The van der Waals surface area contributed by atoms with Crippen LogP contribution in [0.5, 0.6) is 0 Å². The molecule has 0 bridgehead atoms. The topological polar surface area (TPSA) is 97.1 Å². The van der Waals surface area contributed by atoms with Crippen LogP contribution in [-0.4, -0.2) is 48.2 Å². The minimum absolute atomic E-state index is 0.611. The Morgan fingerprint density at radius 2 is 0.326 bits per heavy atom. The van der Waals surface area contributed by atoms with Gasteiger partial charge in [-0.15, -0.1) is 0 Å². The first-order chi connectivity index (χ1) is 68.4. The number of aromatic nitrogens is 10. The summed E-state index contributed by atoms with van der Waals surface area (Å²) in [6.45, 7) is 0. The van der Waals surface area contributed by atoms with Crippen molar-refractivity contribution < 1.29 is 0 Å². The van der Waals surface area contributed by atoms with Crippen molar-refractivity contribution in [1.82, 2.24) is 48.2 Å². The second-order valence-corrected chi connectivity index (χ2v) is 35.9. The molecule has 6 aromatic heterocycles. The van der Waals surface area contributed by atoms with Crippen molar-refractivity contribution in [2.75, 3.05) is 0 Å². The molecule has 138 heavy (non-hydrogen) atoms. The summed E-state index contributed by atoms with van der Waals surface area (Å²) in [7, 11) is 0. The van der Waals surface area contributed by atoms with Gasteiger partial charge in [-0.1, -0.05) is 352 Å². The lowest BCUT2D eigenvalue weighted by Crippen LogP contribution is -2.28. The van der Waals surface area contributed by atoms with E-state index in [1.165, 1.54) is 132 Å². The molecule has 0 amide bonds. The molecule has 6 heterocycles. The second-order valence-electron chi connectivity index (χ2n) is 35.9. The molecular formula is C128H82N10. The summed E-state index contributed by atoms with van der Waals surface area (Å²) in [6, 6.07) is 179. The van der Waals surface area contributed by atoms with Gasteiger partial charge in [0.15, 0.2) is 34.9 Å². The van der Waals surface area contributed by atoms with Crippen molar-refractivity contribution >= 4 is 87.2 Å². The molecule has 2 aliphatic rings. The molecule has 0 spiro atoms. The van der Waals surface area contributed by atoms with Gasteiger partial charge in [0.05, 0.1) is 55.0 Å². The van der Waals surface area contributed by atoms with Crippen molar-refractivity contribution in [2.45, 2.75) is 10.8 Å². The Morgan fingerprint density at radius 1 is 0.138 bits per heavy atom. The molecule has 0 radical (unpaired) electrons. The largest absolute Gasteiger partial charge is 0.309 e. The number of para-hydroxylation sites is 6. The van der Waals surface area contributed by atoms with Gasteiger partial charge in [-0.25, -0.2) is 29.9 Å². The van der Waals surface area contributed by atoms with Crippen LogP contribution in [0.2, 0.25) is 0 Å². The van der Waals surface area contributed by atoms with Crippen LogP contribution < -0.4 is 0 Å². The Hall–Kier alpha value is -18.4. The van der Waals surface area contributed by atoms with E-state index < -0.39 is 10.8 Å². The molecule has 10 heteroatoms. The van der Waals surface area contributed by atoms with Crippen molar-refractivity contribution in [3.05, 3.63) is 542 Å². The number of hydrogen-bond acceptors (Lipinski definition) is 6. The van der Waals surface area contributed by atoms with Crippen molar-refractivity contribution in [3.8, 4) is 113 Å². The Morgan fingerprint density at radius 3 is 0.587 bits per heavy atom. The minimum Gasteiger partial charge on any atom is -0.309 e. The van der Waals surface area contributed by atoms with Crippen molar-refractivity contribution in [2.24, 2.45) is 0 Å². The summed E-state index contributed by atoms with van der Waals surface area (Å²) < 4.78 is 9.74. The first-order valence-electron chi connectivity index (χ1n) is 47.0. The highest BCUT2D eigenvalue weighted by atomic mass is 15.1. The molecule has 28 rings (SSSR count). The van der Waals surface area contributed by atoms with Gasteiger partial charge in [-0.3, -0.25) is 0 Å². The fourth-order valence-electron chi connectivity index (χ4n) is 22.5. The normalized spacial score (nSPS) is 12.8. The summed E-state index contributed by atoms with van der Waals surface area (Å²) in [5.74, 6) is 3.83. The maximum atomic E-state index is 5.05. The van der Waals surface area contributed by atoms with Crippen molar-refractivity contribution in [1.29, 1.82) is 0 Å². The van der Waals surface area contributed by atoms with Gasteiger partial charge >= 0.3 is 0 Å². The lowest BCUT2D eigenvalue weighted by atomic mass is 9.67. The van der Waals surface area contributed by atoms with Crippen LogP contribution in [0.3, 0.4) is 0 Å². The average molecular weight is 1760 g/mol. The van der Waals surface area contributed by atoms with E-state index >= 15 is 0 Å². The molecule has 644 valence electrons. The molecule has 0 saturated carbocycles. The third-order valence-electron chi connectivity index (χ3n) is 28.5. The zero-order chi connectivity index (χ0) is 90.9. The van der Waals surface area contributed by atoms with Gasteiger partial charge in [-0.2, -0.15) is 0 Å². The zero-order valence-electron chi connectivity index (χ0n) is 74.8. The molecule has 0 atom stereocenters. The molecule has 0 unspecified atom stereocenters. The molecule has 0 saturated heterocycles.